The molecule has 0 unspecified atom stereocenters. The summed E-state index contributed by atoms with van der Waals surface area (Å²) >= 11 is 2.07. The van der Waals surface area contributed by atoms with Gasteiger partial charge in [0.1, 0.15) is 11.4 Å². The molecule has 0 radical (unpaired) electrons. The van der Waals surface area contributed by atoms with Gasteiger partial charge < -0.3 is 15.9 Å². The van der Waals surface area contributed by atoms with Gasteiger partial charge in [-0.25, -0.2) is 0 Å². The summed E-state index contributed by atoms with van der Waals surface area (Å²) in [5.41, 5.74) is 6.30. The Balaban J connectivity index is 3.18. The van der Waals surface area contributed by atoms with E-state index < -0.39 is 5.66 Å². The molecule has 0 saturated carbocycles. The Morgan fingerprint density at radius 2 is 1.95 bits per heavy atom. The number of hydrogen-bond donors (Lipinski definition) is 3. The van der Waals surface area contributed by atoms with Gasteiger partial charge in [-0.15, -0.1) is 0 Å². The molecule has 1 atom stereocenters. The molecular formula is C14H21IN2O2. The summed E-state index contributed by atoms with van der Waals surface area (Å²) in [5.74, 6) is 0.184. The van der Waals surface area contributed by atoms with Gasteiger partial charge in [-0.05, 0) is 47.2 Å². The molecule has 4 N–H and O–H groups in total. The van der Waals surface area contributed by atoms with Crippen LogP contribution in [0.15, 0.2) is 17.1 Å². The number of aliphatic hydroxyl groups excluding tert-OH is 1. The van der Waals surface area contributed by atoms with Crippen LogP contribution >= 0.6 is 22.6 Å². The molecule has 1 rings (SSSR count). The highest BCUT2D eigenvalue weighted by Gasteiger charge is 2.37. The van der Waals surface area contributed by atoms with Crippen molar-refractivity contribution in [2.45, 2.75) is 33.4 Å². The number of hydrogen-bond acceptors (Lipinski definition) is 4. The predicted octanol–water partition coefficient (Wildman–Crippen LogP) is 2.42. The van der Waals surface area contributed by atoms with E-state index in [9.17, 15) is 10.2 Å². The van der Waals surface area contributed by atoms with Gasteiger partial charge in [0.05, 0.1) is 10.2 Å². The summed E-state index contributed by atoms with van der Waals surface area (Å²) in [6.07, 6.45) is 1.53. The largest absolute Gasteiger partial charge is 0.506 e. The van der Waals surface area contributed by atoms with E-state index in [4.69, 9.17) is 5.73 Å². The first-order chi connectivity index (χ1) is 8.60. The lowest BCUT2D eigenvalue weighted by molar-refractivity contribution is 0.103. The number of aromatic hydroxyl groups is 1. The molecule has 0 bridgehead atoms. The summed E-state index contributed by atoms with van der Waals surface area (Å²) in [5, 5.41) is 19.5. The van der Waals surface area contributed by atoms with E-state index in [1.165, 1.54) is 6.21 Å². The second kappa shape index (κ2) is 5.76. The topological polar surface area (TPSA) is 78.8 Å². The summed E-state index contributed by atoms with van der Waals surface area (Å²) in [6, 6.07) is 3.72. The summed E-state index contributed by atoms with van der Waals surface area (Å²) in [4.78, 5) is 4.30. The monoisotopic (exact) mass is 376 g/mol. The molecule has 0 spiro atoms. The standard InChI is InChI=1S/C14H21IN2O2/c1-9-5-10(12(19)11(15)6-9)7-17-14(16,8-18)13(2,3)4/h5-7,18-19H,8,16H2,1-4H3/b17-7+/t14-/m1/s1. The molecule has 0 saturated heterocycles. The Bertz CT molecular complexity index is 495. The first-order valence-corrected chi connectivity index (χ1v) is 7.12. The van der Waals surface area contributed by atoms with Crippen LogP contribution in [0.25, 0.3) is 0 Å². The Kier molecular flexibility index (Phi) is 4.97. The van der Waals surface area contributed by atoms with Gasteiger partial charge in [-0.3, -0.25) is 4.99 Å². The van der Waals surface area contributed by atoms with Gasteiger partial charge in [-0.2, -0.15) is 0 Å². The van der Waals surface area contributed by atoms with E-state index in [-0.39, 0.29) is 17.8 Å². The zero-order valence-corrected chi connectivity index (χ0v) is 13.9. The van der Waals surface area contributed by atoms with Crippen LogP contribution in [-0.4, -0.2) is 28.7 Å². The lowest BCUT2D eigenvalue weighted by Gasteiger charge is -2.36. The number of nitrogens with two attached hydrogens (primary N) is 1. The van der Waals surface area contributed by atoms with E-state index in [0.29, 0.717) is 5.56 Å². The van der Waals surface area contributed by atoms with E-state index >= 15 is 0 Å². The fraction of sp³-hybridized carbons (Fsp3) is 0.500. The van der Waals surface area contributed by atoms with Gasteiger partial charge in [0.2, 0.25) is 0 Å². The van der Waals surface area contributed by atoms with E-state index in [2.05, 4.69) is 27.6 Å². The van der Waals surface area contributed by atoms with Gasteiger partial charge >= 0.3 is 0 Å². The first kappa shape index (κ1) is 16.4. The van der Waals surface area contributed by atoms with Gasteiger partial charge in [-0.1, -0.05) is 20.8 Å². The minimum absolute atomic E-state index is 0.184. The van der Waals surface area contributed by atoms with Crippen LogP contribution in [0, 0.1) is 15.9 Å². The maximum absolute atomic E-state index is 9.99. The first-order valence-electron chi connectivity index (χ1n) is 6.05. The Morgan fingerprint density at radius 1 is 1.37 bits per heavy atom. The van der Waals surface area contributed by atoms with Crippen LogP contribution in [-0.2, 0) is 0 Å². The van der Waals surface area contributed by atoms with Crippen LogP contribution in [0.4, 0.5) is 0 Å². The minimum Gasteiger partial charge on any atom is -0.506 e. The lowest BCUT2D eigenvalue weighted by Crippen LogP contribution is -2.53. The van der Waals surface area contributed by atoms with E-state index in [1.807, 2.05) is 39.8 Å². The molecule has 1 aromatic rings. The van der Waals surface area contributed by atoms with Crippen molar-refractivity contribution in [3.63, 3.8) is 0 Å². The number of aryl methyl sites for hydroxylation is 1. The van der Waals surface area contributed by atoms with Crippen molar-refractivity contribution in [3.05, 3.63) is 26.8 Å². The highest BCUT2D eigenvalue weighted by Crippen LogP contribution is 2.30. The second-order valence-electron chi connectivity index (χ2n) is 5.78. The number of halogens is 1. The van der Waals surface area contributed by atoms with Gasteiger partial charge in [0, 0.05) is 17.2 Å². The van der Waals surface area contributed by atoms with Crippen molar-refractivity contribution in [2.24, 2.45) is 16.1 Å². The molecule has 0 aliphatic carbocycles. The highest BCUT2D eigenvalue weighted by atomic mass is 127. The zero-order valence-electron chi connectivity index (χ0n) is 11.7. The van der Waals surface area contributed by atoms with Crippen LogP contribution < -0.4 is 5.73 Å². The Labute approximate surface area is 127 Å². The quantitative estimate of drug-likeness (QED) is 0.560. The van der Waals surface area contributed by atoms with Crippen molar-refractivity contribution < 1.29 is 10.2 Å². The average Bonchev–Trinajstić information content (AvgIpc) is 2.30. The Morgan fingerprint density at radius 3 is 2.42 bits per heavy atom. The van der Waals surface area contributed by atoms with Gasteiger partial charge in [0.25, 0.3) is 0 Å². The molecule has 0 heterocycles. The third kappa shape index (κ3) is 3.67. The molecule has 5 heteroatoms. The number of rotatable bonds is 3. The number of nitrogens with zero attached hydrogens (tertiary/aromatic N) is 1. The Hall–Kier alpha value is -0.660. The summed E-state index contributed by atoms with van der Waals surface area (Å²) < 4.78 is 0.765. The summed E-state index contributed by atoms with van der Waals surface area (Å²) in [6.45, 7) is 7.45. The van der Waals surface area contributed by atoms with E-state index in [1.54, 1.807) is 0 Å². The van der Waals surface area contributed by atoms with Crippen molar-refractivity contribution in [3.8, 4) is 5.75 Å². The highest BCUT2D eigenvalue weighted by molar-refractivity contribution is 14.1. The van der Waals surface area contributed by atoms with Crippen LogP contribution in [0.3, 0.4) is 0 Å². The maximum atomic E-state index is 9.99. The molecule has 0 aliphatic heterocycles. The van der Waals surface area contributed by atoms with Crippen molar-refractivity contribution in [2.75, 3.05) is 6.61 Å². The fourth-order valence-corrected chi connectivity index (χ4v) is 2.32. The lowest BCUT2D eigenvalue weighted by atomic mass is 9.82. The second-order valence-corrected chi connectivity index (χ2v) is 6.94. The molecule has 0 aromatic heterocycles. The molecule has 106 valence electrons. The van der Waals surface area contributed by atoms with Crippen molar-refractivity contribution in [1.29, 1.82) is 0 Å². The van der Waals surface area contributed by atoms with Gasteiger partial charge in [0.15, 0.2) is 0 Å². The SMILES string of the molecule is Cc1cc(I)c(O)c(/C=N/[C@](N)(CO)C(C)(C)C)c1. The normalized spacial score (nSPS) is 15.7. The minimum atomic E-state index is -1.07. The average molecular weight is 376 g/mol. The third-order valence-electron chi connectivity index (χ3n) is 3.21. The molecule has 4 nitrogen and oxygen atoms in total. The summed E-state index contributed by atoms with van der Waals surface area (Å²) in [7, 11) is 0. The van der Waals surface area contributed by atoms with E-state index in [0.717, 1.165) is 9.13 Å². The fourth-order valence-electron chi connectivity index (χ4n) is 1.52. The molecule has 0 fully saturated rings. The smallest absolute Gasteiger partial charge is 0.137 e. The molecule has 19 heavy (non-hydrogen) atoms. The number of aliphatic imine (C=N–C) groups is 1. The molecule has 1 aromatic carbocycles. The zero-order chi connectivity index (χ0) is 14.8. The molecule has 0 aliphatic rings. The van der Waals surface area contributed by atoms with Crippen LogP contribution in [0.2, 0.25) is 0 Å². The van der Waals surface area contributed by atoms with Crippen molar-refractivity contribution in [1.82, 2.24) is 0 Å². The number of phenols is 1. The van der Waals surface area contributed by atoms with Crippen LogP contribution in [0.5, 0.6) is 5.75 Å². The predicted molar refractivity (Wildman–Crippen MR) is 86.6 cm³/mol. The number of aliphatic hydroxyl groups is 1. The number of phenolic OH excluding ortho intramolecular Hbond substituents is 1. The molecule has 0 amide bonds. The molecular weight excluding hydrogens is 355 g/mol. The maximum Gasteiger partial charge on any atom is 0.137 e. The number of benzene rings is 1. The van der Waals surface area contributed by atoms with Crippen LogP contribution in [0.1, 0.15) is 31.9 Å². The third-order valence-corrected chi connectivity index (χ3v) is 4.03. The van der Waals surface area contributed by atoms with Crippen molar-refractivity contribution >= 4 is 28.8 Å².